The van der Waals surface area contributed by atoms with Crippen LogP contribution in [0, 0.1) is 12.8 Å². The van der Waals surface area contributed by atoms with E-state index >= 15 is 0 Å². The molecule has 0 spiro atoms. The minimum absolute atomic E-state index is 0.187. The molecule has 0 atom stereocenters. The van der Waals surface area contributed by atoms with E-state index in [1.54, 1.807) is 4.68 Å². The minimum Gasteiger partial charge on any atom is -0.355 e. The van der Waals surface area contributed by atoms with Gasteiger partial charge in [-0.25, -0.2) is 0 Å². The number of hydrogen-bond acceptors (Lipinski definition) is 3. The van der Waals surface area contributed by atoms with Gasteiger partial charge in [-0.3, -0.25) is 9.48 Å². The van der Waals surface area contributed by atoms with Gasteiger partial charge in [-0.2, -0.15) is 5.10 Å². The van der Waals surface area contributed by atoms with Crippen molar-refractivity contribution in [2.24, 2.45) is 13.0 Å². The maximum Gasteiger partial charge on any atom is 0.223 e. The highest BCUT2D eigenvalue weighted by Crippen LogP contribution is 2.28. The highest BCUT2D eigenvalue weighted by Gasteiger charge is 2.28. The minimum atomic E-state index is 0.187. The molecule has 5 nitrogen and oxygen atoms in total. The number of hydrogen-bond donors (Lipinski definition) is 2. The zero-order valence-corrected chi connectivity index (χ0v) is 11.5. The van der Waals surface area contributed by atoms with Gasteiger partial charge in [0.15, 0.2) is 0 Å². The highest BCUT2D eigenvalue weighted by molar-refractivity contribution is 6.30. The molecule has 2 N–H and O–H groups in total. The lowest BCUT2D eigenvalue weighted by Crippen LogP contribution is -2.32. The number of aryl methyl sites for hydroxylation is 2. The molecule has 100 valence electrons. The van der Waals surface area contributed by atoms with Crippen LogP contribution in [0.1, 0.15) is 24.1 Å². The molecule has 6 heteroatoms. The number of nitrogens with zero attached hydrogens (tertiary/aromatic N) is 2. The Kier molecular flexibility index (Phi) is 4.24. The van der Waals surface area contributed by atoms with Crippen LogP contribution in [0.3, 0.4) is 0 Å². The van der Waals surface area contributed by atoms with Gasteiger partial charge in [0.2, 0.25) is 5.91 Å². The van der Waals surface area contributed by atoms with Crippen molar-refractivity contribution < 1.29 is 4.79 Å². The number of halogens is 1. The second kappa shape index (κ2) is 5.71. The van der Waals surface area contributed by atoms with Gasteiger partial charge in [0.1, 0.15) is 5.15 Å². The molecule has 18 heavy (non-hydrogen) atoms. The van der Waals surface area contributed by atoms with E-state index in [9.17, 15) is 4.79 Å². The maximum atomic E-state index is 11.4. The molecule has 0 unspecified atom stereocenters. The van der Waals surface area contributed by atoms with Crippen molar-refractivity contribution >= 4 is 17.5 Å². The number of carbonyl (C=O) groups excluding carboxylic acids is 1. The smallest absolute Gasteiger partial charge is 0.223 e. The van der Waals surface area contributed by atoms with E-state index in [4.69, 9.17) is 11.6 Å². The fourth-order valence-electron chi connectivity index (χ4n) is 1.85. The summed E-state index contributed by atoms with van der Waals surface area (Å²) >= 11 is 6.12. The van der Waals surface area contributed by atoms with Crippen molar-refractivity contribution in [3.8, 4) is 0 Å². The van der Waals surface area contributed by atoms with Crippen LogP contribution in [0.4, 0.5) is 0 Å². The van der Waals surface area contributed by atoms with E-state index in [-0.39, 0.29) is 11.8 Å². The van der Waals surface area contributed by atoms with Gasteiger partial charge in [-0.15, -0.1) is 0 Å². The maximum absolute atomic E-state index is 11.4. The molecule has 0 radical (unpaired) electrons. The standard InChI is InChI=1S/C12H19ClN4O/c1-8-10(11(13)17(2)16-8)7-14-5-6-15-12(18)9-3-4-9/h9,14H,3-7H2,1-2H3,(H,15,18). The summed E-state index contributed by atoms with van der Waals surface area (Å²) < 4.78 is 1.67. The average Bonchev–Trinajstić information content (AvgIpc) is 3.12. The van der Waals surface area contributed by atoms with Crippen LogP contribution in [0.5, 0.6) is 0 Å². The SMILES string of the molecule is Cc1nn(C)c(Cl)c1CNCCNC(=O)C1CC1. The van der Waals surface area contributed by atoms with Crippen molar-refractivity contribution in [3.63, 3.8) is 0 Å². The molecule has 0 aliphatic heterocycles. The fraction of sp³-hybridized carbons (Fsp3) is 0.667. The Balaban J connectivity index is 1.67. The van der Waals surface area contributed by atoms with E-state index in [0.717, 1.165) is 30.6 Å². The van der Waals surface area contributed by atoms with Crippen LogP contribution in [-0.2, 0) is 18.4 Å². The Morgan fingerprint density at radius 2 is 2.22 bits per heavy atom. The Bertz CT molecular complexity index is 440. The summed E-state index contributed by atoms with van der Waals surface area (Å²) in [5, 5.41) is 11.1. The fourth-order valence-corrected chi connectivity index (χ4v) is 2.09. The molecule has 1 fully saturated rings. The van der Waals surface area contributed by atoms with Gasteiger partial charge >= 0.3 is 0 Å². The topological polar surface area (TPSA) is 59.0 Å². The van der Waals surface area contributed by atoms with E-state index in [1.165, 1.54) is 0 Å². The summed E-state index contributed by atoms with van der Waals surface area (Å²) in [6.07, 6.45) is 2.09. The van der Waals surface area contributed by atoms with Crippen LogP contribution in [-0.4, -0.2) is 28.8 Å². The Morgan fingerprint density at radius 1 is 1.50 bits per heavy atom. The normalized spacial score (nSPS) is 14.8. The molecule has 1 amide bonds. The second-order valence-corrected chi connectivity index (χ2v) is 5.08. The summed E-state index contributed by atoms with van der Waals surface area (Å²) in [5.74, 6) is 0.465. The summed E-state index contributed by atoms with van der Waals surface area (Å²) in [4.78, 5) is 11.4. The number of rotatable bonds is 6. The molecule has 2 rings (SSSR count). The van der Waals surface area contributed by atoms with E-state index in [0.29, 0.717) is 18.2 Å². The Hall–Kier alpha value is -1.07. The van der Waals surface area contributed by atoms with Crippen molar-refractivity contribution in [1.29, 1.82) is 0 Å². The summed E-state index contributed by atoms with van der Waals surface area (Å²) in [5.41, 5.74) is 1.96. The number of carbonyl (C=O) groups is 1. The third kappa shape index (κ3) is 3.23. The van der Waals surface area contributed by atoms with Crippen molar-refractivity contribution in [2.45, 2.75) is 26.3 Å². The summed E-state index contributed by atoms with van der Waals surface area (Å²) in [6, 6.07) is 0. The lowest BCUT2D eigenvalue weighted by atomic mass is 10.2. The van der Waals surface area contributed by atoms with E-state index < -0.39 is 0 Å². The third-order valence-corrected chi connectivity index (χ3v) is 3.59. The molecule has 1 aromatic heterocycles. The van der Waals surface area contributed by atoms with Gasteiger partial charge in [0.05, 0.1) is 5.69 Å². The van der Waals surface area contributed by atoms with Crippen LogP contribution in [0.15, 0.2) is 0 Å². The molecule has 0 bridgehead atoms. The van der Waals surface area contributed by atoms with Gasteiger partial charge in [-0.05, 0) is 19.8 Å². The van der Waals surface area contributed by atoms with Gasteiger partial charge < -0.3 is 10.6 Å². The van der Waals surface area contributed by atoms with E-state index in [1.807, 2.05) is 14.0 Å². The quantitative estimate of drug-likeness (QED) is 0.758. The van der Waals surface area contributed by atoms with Gasteiger partial charge in [0, 0.05) is 38.2 Å². The van der Waals surface area contributed by atoms with Gasteiger partial charge in [-0.1, -0.05) is 11.6 Å². The molecular weight excluding hydrogens is 252 g/mol. The Morgan fingerprint density at radius 3 is 2.78 bits per heavy atom. The zero-order valence-electron chi connectivity index (χ0n) is 10.8. The molecule has 0 aromatic carbocycles. The number of amides is 1. The first-order valence-corrected chi connectivity index (χ1v) is 6.63. The Labute approximate surface area is 112 Å². The predicted octanol–water partition coefficient (Wildman–Crippen LogP) is 0.998. The molecule has 0 saturated heterocycles. The lowest BCUT2D eigenvalue weighted by molar-refractivity contribution is -0.122. The molecule has 1 saturated carbocycles. The molecule has 1 aliphatic carbocycles. The first kappa shape index (κ1) is 13.4. The molecule has 1 aliphatic rings. The van der Waals surface area contributed by atoms with Crippen LogP contribution >= 0.6 is 11.6 Å². The molecule has 1 aromatic rings. The average molecular weight is 271 g/mol. The van der Waals surface area contributed by atoms with E-state index in [2.05, 4.69) is 15.7 Å². The van der Waals surface area contributed by atoms with Crippen LogP contribution < -0.4 is 10.6 Å². The summed E-state index contributed by atoms with van der Waals surface area (Å²) in [7, 11) is 1.83. The first-order chi connectivity index (χ1) is 8.59. The number of nitrogens with one attached hydrogen (secondary N) is 2. The third-order valence-electron chi connectivity index (χ3n) is 3.12. The predicted molar refractivity (Wildman–Crippen MR) is 70.4 cm³/mol. The second-order valence-electron chi connectivity index (χ2n) is 4.72. The van der Waals surface area contributed by atoms with Crippen LogP contribution in [0.2, 0.25) is 5.15 Å². The largest absolute Gasteiger partial charge is 0.355 e. The monoisotopic (exact) mass is 270 g/mol. The summed E-state index contributed by atoms with van der Waals surface area (Å²) in [6.45, 7) is 4.02. The highest BCUT2D eigenvalue weighted by atomic mass is 35.5. The van der Waals surface area contributed by atoms with Crippen LogP contribution in [0.25, 0.3) is 0 Å². The van der Waals surface area contributed by atoms with Gasteiger partial charge in [0.25, 0.3) is 0 Å². The zero-order chi connectivity index (χ0) is 13.1. The number of aromatic nitrogens is 2. The first-order valence-electron chi connectivity index (χ1n) is 6.26. The lowest BCUT2D eigenvalue weighted by Gasteiger charge is -2.06. The van der Waals surface area contributed by atoms with Crippen molar-refractivity contribution in [1.82, 2.24) is 20.4 Å². The van der Waals surface area contributed by atoms with Crippen molar-refractivity contribution in [2.75, 3.05) is 13.1 Å². The van der Waals surface area contributed by atoms with Crippen molar-refractivity contribution in [3.05, 3.63) is 16.4 Å². The molecule has 1 heterocycles. The molecular formula is C12H19ClN4O.